The van der Waals surface area contributed by atoms with Gasteiger partial charge in [-0.05, 0) is 23.5 Å². The van der Waals surface area contributed by atoms with Crippen LogP contribution in [0, 0.1) is 0 Å². The summed E-state index contributed by atoms with van der Waals surface area (Å²) in [6.07, 6.45) is 1.11. The molecular formula is C10H13N. The molecule has 0 spiro atoms. The van der Waals surface area contributed by atoms with Crippen LogP contribution in [0.15, 0.2) is 24.3 Å². The van der Waals surface area contributed by atoms with Gasteiger partial charge in [0.25, 0.3) is 0 Å². The quantitative estimate of drug-likeness (QED) is 0.598. The molecule has 2 atom stereocenters. The highest BCUT2D eigenvalue weighted by Crippen LogP contribution is 2.37. The molecule has 11 heavy (non-hydrogen) atoms. The van der Waals surface area contributed by atoms with E-state index in [1.807, 2.05) is 0 Å². The third kappa shape index (κ3) is 0.962. The Morgan fingerprint density at radius 2 is 1.91 bits per heavy atom. The van der Waals surface area contributed by atoms with Crippen LogP contribution in [-0.2, 0) is 0 Å². The zero-order valence-electron chi connectivity index (χ0n) is 6.75. The van der Waals surface area contributed by atoms with Gasteiger partial charge in [0.1, 0.15) is 0 Å². The minimum absolute atomic E-state index is 0.279. The highest BCUT2D eigenvalue weighted by atomic mass is 14.7. The van der Waals surface area contributed by atoms with Crippen molar-refractivity contribution in [3.63, 3.8) is 0 Å². The third-order valence-electron chi connectivity index (χ3n) is 2.53. The number of hydrogen-bond donors (Lipinski definition) is 1. The molecule has 1 aliphatic rings. The van der Waals surface area contributed by atoms with Gasteiger partial charge in [-0.25, -0.2) is 0 Å². The first-order valence-corrected chi connectivity index (χ1v) is 4.13. The Kier molecular flexibility index (Phi) is 1.46. The first-order chi connectivity index (χ1) is 5.29. The summed E-state index contributed by atoms with van der Waals surface area (Å²) in [7, 11) is 0. The molecule has 2 N–H and O–H groups in total. The molecule has 0 bridgehead atoms. The number of rotatable bonds is 0. The van der Waals surface area contributed by atoms with Crippen molar-refractivity contribution >= 4 is 0 Å². The van der Waals surface area contributed by atoms with Gasteiger partial charge >= 0.3 is 0 Å². The van der Waals surface area contributed by atoms with Gasteiger partial charge in [0.05, 0.1) is 0 Å². The number of nitrogens with two attached hydrogens (primary N) is 1. The van der Waals surface area contributed by atoms with Gasteiger partial charge in [-0.2, -0.15) is 0 Å². The number of benzene rings is 1. The fourth-order valence-electron chi connectivity index (χ4n) is 1.93. The van der Waals surface area contributed by atoms with Crippen molar-refractivity contribution < 1.29 is 0 Å². The second-order valence-corrected chi connectivity index (χ2v) is 3.37. The molecule has 0 unspecified atom stereocenters. The van der Waals surface area contributed by atoms with Crippen LogP contribution < -0.4 is 5.73 Å². The van der Waals surface area contributed by atoms with Crippen LogP contribution in [0.3, 0.4) is 0 Å². The van der Waals surface area contributed by atoms with E-state index in [1.54, 1.807) is 0 Å². The first-order valence-electron chi connectivity index (χ1n) is 4.13. The van der Waals surface area contributed by atoms with Crippen LogP contribution >= 0.6 is 0 Å². The van der Waals surface area contributed by atoms with Crippen LogP contribution in [0.25, 0.3) is 0 Å². The molecule has 1 heteroatoms. The molecule has 58 valence electrons. The minimum Gasteiger partial charge on any atom is -0.324 e. The lowest BCUT2D eigenvalue weighted by molar-refractivity contribution is 0.640. The Hall–Kier alpha value is -0.820. The van der Waals surface area contributed by atoms with Gasteiger partial charge in [0.2, 0.25) is 0 Å². The monoisotopic (exact) mass is 147 g/mol. The van der Waals surface area contributed by atoms with Gasteiger partial charge in [0, 0.05) is 6.04 Å². The molecule has 1 aromatic carbocycles. The van der Waals surface area contributed by atoms with Crippen molar-refractivity contribution in [2.24, 2.45) is 5.73 Å². The normalized spacial score (nSPS) is 28.5. The van der Waals surface area contributed by atoms with Crippen molar-refractivity contribution in [2.75, 3.05) is 0 Å². The van der Waals surface area contributed by atoms with Gasteiger partial charge in [0.15, 0.2) is 0 Å². The van der Waals surface area contributed by atoms with E-state index >= 15 is 0 Å². The number of fused-ring (bicyclic) bond motifs is 1. The molecule has 0 amide bonds. The molecule has 0 fully saturated rings. The van der Waals surface area contributed by atoms with Crippen LogP contribution in [0.5, 0.6) is 0 Å². The largest absolute Gasteiger partial charge is 0.324 e. The van der Waals surface area contributed by atoms with Crippen LogP contribution in [-0.4, -0.2) is 0 Å². The van der Waals surface area contributed by atoms with E-state index in [-0.39, 0.29) is 6.04 Å². The summed E-state index contributed by atoms with van der Waals surface area (Å²) in [5.41, 5.74) is 8.73. The smallest absolute Gasteiger partial charge is 0.0303 e. The molecule has 0 heterocycles. The molecule has 0 saturated carbocycles. The lowest BCUT2D eigenvalue weighted by Crippen LogP contribution is -2.04. The second-order valence-electron chi connectivity index (χ2n) is 3.37. The fraction of sp³-hybridized carbons (Fsp3) is 0.400. The fourth-order valence-corrected chi connectivity index (χ4v) is 1.93. The summed E-state index contributed by atoms with van der Waals surface area (Å²) in [4.78, 5) is 0. The number of hydrogen-bond acceptors (Lipinski definition) is 1. The van der Waals surface area contributed by atoms with Crippen molar-refractivity contribution in [3.05, 3.63) is 35.4 Å². The van der Waals surface area contributed by atoms with Crippen LogP contribution in [0.2, 0.25) is 0 Å². The minimum atomic E-state index is 0.279. The zero-order valence-corrected chi connectivity index (χ0v) is 6.75. The molecular weight excluding hydrogens is 134 g/mol. The van der Waals surface area contributed by atoms with E-state index < -0.39 is 0 Å². The van der Waals surface area contributed by atoms with Crippen LogP contribution in [0.1, 0.15) is 36.4 Å². The average Bonchev–Trinajstić information content (AvgIpc) is 2.30. The Morgan fingerprint density at radius 3 is 2.55 bits per heavy atom. The summed E-state index contributed by atoms with van der Waals surface area (Å²) in [5, 5.41) is 0. The van der Waals surface area contributed by atoms with E-state index in [0.29, 0.717) is 5.92 Å². The molecule has 1 nitrogen and oxygen atoms in total. The topological polar surface area (TPSA) is 26.0 Å². The second kappa shape index (κ2) is 2.35. The maximum atomic E-state index is 5.94. The van der Waals surface area contributed by atoms with Gasteiger partial charge in [-0.15, -0.1) is 0 Å². The van der Waals surface area contributed by atoms with Gasteiger partial charge in [-0.3, -0.25) is 0 Å². The van der Waals surface area contributed by atoms with Gasteiger partial charge < -0.3 is 5.73 Å². The Bertz CT molecular complexity index is 240. The SMILES string of the molecule is C[C@@H]1C[C@H](N)c2ccccc21. The molecule has 0 saturated heterocycles. The predicted octanol–water partition coefficient (Wildman–Crippen LogP) is 2.19. The lowest BCUT2D eigenvalue weighted by atomic mass is 10.0. The standard InChI is InChI=1S/C10H13N/c1-7-6-10(11)9-5-3-2-4-8(7)9/h2-5,7,10H,6,11H2,1H3/t7-,10+/m1/s1. The molecule has 0 aliphatic heterocycles. The Labute approximate surface area is 67.2 Å². The Morgan fingerprint density at radius 1 is 1.27 bits per heavy atom. The lowest BCUT2D eigenvalue weighted by Gasteiger charge is -2.02. The highest BCUT2D eigenvalue weighted by molar-refractivity contribution is 5.37. The summed E-state index contributed by atoms with van der Waals surface area (Å²) in [6.45, 7) is 2.24. The van der Waals surface area contributed by atoms with Crippen molar-refractivity contribution in [1.29, 1.82) is 0 Å². The maximum absolute atomic E-state index is 5.94. The van der Waals surface area contributed by atoms with E-state index in [2.05, 4.69) is 31.2 Å². The molecule has 1 aliphatic carbocycles. The average molecular weight is 147 g/mol. The molecule has 0 radical (unpaired) electrons. The summed E-state index contributed by atoms with van der Waals surface area (Å²) in [6, 6.07) is 8.77. The summed E-state index contributed by atoms with van der Waals surface area (Å²) >= 11 is 0. The van der Waals surface area contributed by atoms with Crippen LogP contribution in [0.4, 0.5) is 0 Å². The third-order valence-corrected chi connectivity index (χ3v) is 2.53. The summed E-state index contributed by atoms with van der Waals surface area (Å²) in [5.74, 6) is 0.654. The molecule has 0 aromatic heterocycles. The van der Waals surface area contributed by atoms with E-state index in [1.165, 1.54) is 11.1 Å². The summed E-state index contributed by atoms with van der Waals surface area (Å²) < 4.78 is 0. The van der Waals surface area contributed by atoms with Crippen molar-refractivity contribution in [3.8, 4) is 0 Å². The van der Waals surface area contributed by atoms with E-state index in [4.69, 9.17) is 5.73 Å². The van der Waals surface area contributed by atoms with Gasteiger partial charge in [-0.1, -0.05) is 31.2 Å². The molecule has 1 aromatic rings. The maximum Gasteiger partial charge on any atom is 0.0303 e. The first kappa shape index (κ1) is 6.86. The highest BCUT2D eigenvalue weighted by Gasteiger charge is 2.24. The Balaban J connectivity index is 2.52. The predicted molar refractivity (Wildman–Crippen MR) is 46.4 cm³/mol. The molecule has 2 rings (SSSR count). The van der Waals surface area contributed by atoms with Crippen molar-refractivity contribution in [2.45, 2.75) is 25.3 Å². The van der Waals surface area contributed by atoms with E-state index in [0.717, 1.165) is 6.42 Å². The van der Waals surface area contributed by atoms with E-state index in [9.17, 15) is 0 Å². The zero-order chi connectivity index (χ0) is 7.84. The van der Waals surface area contributed by atoms with Crippen molar-refractivity contribution in [1.82, 2.24) is 0 Å².